The fourth-order valence-electron chi connectivity index (χ4n) is 2.49. The molecule has 3 nitrogen and oxygen atoms in total. The van der Waals surface area contributed by atoms with Crippen molar-refractivity contribution in [2.45, 2.75) is 25.4 Å². The third kappa shape index (κ3) is 2.93. The maximum Gasteiger partial charge on any atom is 0.226 e. The molecule has 0 radical (unpaired) electrons. The Bertz CT molecular complexity index is 588. The second-order valence-corrected chi connectivity index (χ2v) is 4.95. The molecular weight excluding hydrogens is 238 g/mol. The van der Waals surface area contributed by atoms with Crippen LogP contribution in [0.5, 0.6) is 0 Å². The quantitative estimate of drug-likeness (QED) is 0.913. The van der Waals surface area contributed by atoms with Crippen molar-refractivity contribution >= 4 is 22.4 Å². The Morgan fingerprint density at radius 3 is 2.84 bits per heavy atom. The van der Waals surface area contributed by atoms with Crippen molar-refractivity contribution < 1.29 is 9.53 Å². The number of carbonyl (C=O) groups excluding carboxylic acids is 1. The van der Waals surface area contributed by atoms with Gasteiger partial charge in [-0.15, -0.1) is 0 Å². The summed E-state index contributed by atoms with van der Waals surface area (Å²) >= 11 is 0. The van der Waals surface area contributed by atoms with Crippen LogP contribution in [0.2, 0.25) is 0 Å². The Labute approximate surface area is 112 Å². The molecule has 98 valence electrons. The standard InChI is InChI=1S/C16H17NO2/c18-16(11-15-6-3-9-19-15)17-14-8-7-12-4-1-2-5-13(12)10-14/h1-2,4-5,7-8,10,15H,3,6,9,11H2,(H,17,18). The number of rotatable bonds is 3. The predicted molar refractivity (Wildman–Crippen MR) is 76.2 cm³/mol. The van der Waals surface area contributed by atoms with Gasteiger partial charge in [0.15, 0.2) is 0 Å². The Balaban J connectivity index is 1.68. The molecule has 1 unspecified atom stereocenters. The van der Waals surface area contributed by atoms with Gasteiger partial charge in [0.25, 0.3) is 0 Å². The smallest absolute Gasteiger partial charge is 0.226 e. The highest BCUT2D eigenvalue weighted by atomic mass is 16.5. The third-order valence-corrected chi connectivity index (χ3v) is 3.47. The van der Waals surface area contributed by atoms with Gasteiger partial charge in [-0.2, -0.15) is 0 Å². The van der Waals surface area contributed by atoms with Crippen molar-refractivity contribution in [3.05, 3.63) is 42.5 Å². The minimum atomic E-state index is 0.0298. The zero-order valence-electron chi connectivity index (χ0n) is 10.8. The van der Waals surface area contributed by atoms with Crippen molar-refractivity contribution in [2.75, 3.05) is 11.9 Å². The molecule has 2 aromatic carbocycles. The van der Waals surface area contributed by atoms with Gasteiger partial charge in [0, 0.05) is 12.3 Å². The number of anilines is 1. The maximum atomic E-state index is 11.9. The second kappa shape index (κ2) is 5.41. The molecule has 1 saturated heterocycles. The lowest BCUT2D eigenvalue weighted by Gasteiger charge is -2.10. The van der Waals surface area contributed by atoms with E-state index in [1.54, 1.807) is 0 Å². The number of fused-ring (bicyclic) bond motifs is 1. The van der Waals surface area contributed by atoms with Gasteiger partial charge < -0.3 is 10.1 Å². The summed E-state index contributed by atoms with van der Waals surface area (Å²) in [5, 5.41) is 5.26. The monoisotopic (exact) mass is 255 g/mol. The van der Waals surface area contributed by atoms with Gasteiger partial charge in [-0.25, -0.2) is 0 Å². The first-order chi connectivity index (χ1) is 9.31. The maximum absolute atomic E-state index is 11.9. The van der Waals surface area contributed by atoms with Crippen molar-refractivity contribution in [1.82, 2.24) is 0 Å². The molecule has 3 heteroatoms. The minimum Gasteiger partial charge on any atom is -0.378 e. The summed E-state index contributed by atoms with van der Waals surface area (Å²) in [4.78, 5) is 11.9. The number of hydrogen-bond donors (Lipinski definition) is 1. The number of hydrogen-bond acceptors (Lipinski definition) is 2. The van der Waals surface area contributed by atoms with Crippen molar-refractivity contribution in [2.24, 2.45) is 0 Å². The molecule has 1 aliphatic heterocycles. The van der Waals surface area contributed by atoms with Gasteiger partial charge in [0.2, 0.25) is 5.91 Å². The number of amides is 1. The van der Waals surface area contributed by atoms with Crippen LogP contribution in [0.15, 0.2) is 42.5 Å². The minimum absolute atomic E-state index is 0.0298. The molecule has 0 spiro atoms. The number of carbonyl (C=O) groups is 1. The zero-order chi connectivity index (χ0) is 13.1. The lowest BCUT2D eigenvalue weighted by atomic mass is 10.1. The molecule has 0 bridgehead atoms. The molecule has 3 rings (SSSR count). The topological polar surface area (TPSA) is 38.3 Å². The van der Waals surface area contributed by atoms with Crippen LogP contribution in [-0.2, 0) is 9.53 Å². The average Bonchev–Trinajstić information content (AvgIpc) is 2.91. The van der Waals surface area contributed by atoms with Gasteiger partial charge in [0.1, 0.15) is 0 Å². The van der Waals surface area contributed by atoms with E-state index in [1.165, 1.54) is 5.39 Å². The summed E-state index contributed by atoms with van der Waals surface area (Å²) in [5.74, 6) is 0.0298. The van der Waals surface area contributed by atoms with Crippen LogP contribution < -0.4 is 5.32 Å². The Morgan fingerprint density at radius 2 is 2.05 bits per heavy atom. The van der Waals surface area contributed by atoms with Crippen molar-refractivity contribution in [3.8, 4) is 0 Å². The fourth-order valence-corrected chi connectivity index (χ4v) is 2.49. The molecule has 1 heterocycles. The highest BCUT2D eigenvalue weighted by molar-refractivity contribution is 5.94. The summed E-state index contributed by atoms with van der Waals surface area (Å²) < 4.78 is 5.47. The highest BCUT2D eigenvalue weighted by Gasteiger charge is 2.18. The molecule has 1 fully saturated rings. The van der Waals surface area contributed by atoms with E-state index in [0.717, 1.165) is 30.5 Å². The predicted octanol–water partition coefficient (Wildman–Crippen LogP) is 3.35. The molecule has 19 heavy (non-hydrogen) atoms. The van der Waals surface area contributed by atoms with E-state index in [-0.39, 0.29) is 12.0 Å². The van der Waals surface area contributed by atoms with Crippen molar-refractivity contribution in [1.29, 1.82) is 0 Å². The first-order valence-corrected chi connectivity index (χ1v) is 6.71. The molecule has 1 aliphatic rings. The Morgan fingerprint density at radius 1 is 1.21 bits per heavy atom. The first-order valence-electron chi connectivity index (χ1n) is 6.71. The SMILES string of the molecule is O=C(CC1CCCO1)Nc1ccc2ccccc2c1. The molecule has 1 amide bonds. The van der Waals surface area contributed by atoms with Gasteiger partial charge in [-0.1, -0.05) is 30.3 Å². The van der Waals surface area contributed by atoms with E-state index in [0.29, 0.717) is 6.42 Å². The van der Waals surface area contributed by atoms with Crippen LogP contribution in [0.25, 0.3) is 10.8 Å². The van der Waals surface area contributed by atoms with Crippen LogP contribution in [0.1, 0.15) is 19.3 Å². The lowest BCUT2D eigenvalue weighted by Crippen LogP contribution is -2.19. The number of benzene rings is 2. The van der Waals surface area contributed by atoms with Gasteiger partial charge in [0.05, 0.1) is 12.5 Å². The molecule has 1 N–H and O–H groups in total. The third-order valence-electron chi connectivity index (χ3n) is 3.47. The number of nitrogens with one attached hydrogen (secondary N) is 1. The summed E-state index contributed by atoms with van der Waals surface area (Å²) in [7, 11) is 0. The van der Waals surface area contributed by atoms with E-state index in [9.17, 15) is 4.79 Å². The largest absolute Gasteiger partial charge is 0.378 e. The molecule has 0 saturated carbocycles. The first kappa shape index (κ1) is 12.2. The van der Waals surface area contributed by atoms with Crippen LogP contribution in [0.4, 0.5) is 5.69 Å². The zero-order valence-corrected chi connectivity index (χ0v) is 10.8. The molecule has 0 aliphatic carbocycles. The van der Waals surface area contributed by atoms with Gasteiger partial charge >= 0.3 is 0 Å². The van der Waals surface area contributed by atoms with Crippen molar-refractivity contribution in [3.63, 3.8) is 0 Å². The Kier molecular flexibility index (Phi) is 3.47. The average molecular weight is 255 g/mol. The van der Waals surface area contributed by atoms with Crippen LogP contribution in [-0.4, -0.2) is 18.6 Å². The summed E-state index contributed by atoms with van der Waals surface area (Å²) in [6, 6.07) is 14.1. The lowest BCUT2D eigenvalue weighted by molar-refractivity contribution is -0.118. The van der Waals surface area contributed by atoms with Gasteiger partial charge in [-0.05, 0) is 35.7 Å². The fraction of sp³-hybridized carbons (Fsp3) is 0.312. The highest BCUT2D eigenvalue weighted by Crippen LogP contribution is 2.20. The summed E-state index contributed by atoms with van der Waals surface area (Å²) in [6.07, 6.45) is 2.60. The van der Waals surface area contributed by atoms with E-state index in [2.05, 4.69) is 11.4 Å². The van der Waals surface area contributed by atoms with Crippen LogP contribution in [0, 0.1) is 0 Å². The van der Waals surface area contributed by atoms with E-state index < -0.39 is 0 Å². The van der Waals surface area contributed by atoms with E-state index in [1.807, 2.05) is 36.4 Å². The Hall–Kier alpha value is -1.87. The van der Waals surface area contributed by atoms with Crippen LogP contribution >= 0.6 is 0 Å². The summed E-state index contributed by atoms with van der Waals surface area (Å²) in [6.45, 7) is 0.786. The molecule has 2 aromatic rings. The van der Waals surface area contributed by atoms with E-state index >= 15 is 0 Å². The van der Waals surface area contributed by atoms with Gasteiger partial charge in [-0.3, -0.25) is 4.79 Å². The van der Waals surface area contributed by atoms with E-state index in [4.69, 9.17) is 4.74 Å². The second-order valence-electron chi connectivity index (χ2n) is 4.95. The molecule has 1 atom stereocenters. The molecular formula is C16H17NO2. The molecule has 0 aromatic heterocycles. The normalized spacial score (nSPS) is 18.6. The summed E-state index contributed by atoms with van der Waals surface area (Å²) in [5.41, 5.74) is 0.849. The number of ether oxygens (including phenoxy) is 1. The van der Waals surface area contributed by atoms with Crippen LogP contribution in [0.3, 0.4) is 0 Å².